The lowest BCUT2D eigenvalue weighted by Gasteiger charge is -2.38. The van der Waals surface area contributed by atoms with Gasteiger partial charge in [0.15, 0.2) is 0 Å². The first-order valence-electron chi connectivity index (χ1n) is 6.44. The summed E-state index contributed by atoms with van der Waals surface area (Å²) < 4.78 is 0. The highest BCUT2D eigenvalue weighted by Gasteiger charge is 2.29. The summed E-state index contributed by atoms with van der Waals surface area (Å²) in [5, 5.41) is 19.6. The highest BCUT2D eigenvalue weighted by atomic mass is 16.6. The van der Waals surface area contributed by atoms with Crippen LogP contribution in [0.5, 0.6) is 0 Å². The van der Waals surface area contributed by atoms with Crippen molar-refractivity contribution in [1.29, 1.82) is 5.26 Å². The van der Waals surface area contributed by atoms with Gasteiger partial charge in [-0.3, -0.25) is 10.1 Å². The third-order valence-electron chi connectivity index (χ3n) is 3.37. The maximum atomic E-state index is 10.9. The number of anilines is 1. The zero-order valence-corrected chi connectivity index (χ0v) is 12.6. The van der Waals surface area contributed by atoms with Crippen LogP contribution in [-0.4, -0.2) is 16.9 Å². The van der Waals surface area contributed by atoms with Crippen molar-refractivity contribution in [3.8, 4) is 6.19 Å². The Morgan fingerprint density at radius 1 is 1.52 bits per heavy atom. The number of hydrogen-bond donors (Lipinski definition) is 1. The monoisotopic (exact) mass is 289 g/mol. The molecule has 0 saturated carbocycles. The third-order valence-corrected chi connectivity index (χ3v) is 3.37. The summed E-state index contributed by atoms with van der Waals surface area (Å²) >= 11 is 0. The summed E-state index contributed by atoms with van der Waals surface area (Å²) in [4.78, 5) is 15.6. The predicted octanol–water partition coefficient (Wildman–Crippen LogP) is 2.63. The van der Waals surface area contributed by atoms with Crippen molar-refractivity contribution >= 4 is 17.3 Å². The van der Waals surface area contributed by atoms with Crippen LogP contribution in [0.3, 0.4) is 0 Å². The average Bonchev–Trinajstić information content (AvgIpc) is 2.38. The molecule has 1 aromatic carbocycles. The minimum absolute atomic E-state index is 0.0143. The molecule has 1 rings (SSSR count). The van der Waals surface area contributed by atoms with Gasteiger partial charge >= 0.3 is 0 Å². The fourth-order valence-corrected chi connectivity index (χ4v) is 1.80. The lowest BCUT2D eigenvalue weighted by molar-refractivity contribution is -0.384. The second-order valence-corrected chi connectivity index (χ2v) is 5.76. The molecule has 0 aromatic heterocycles. The number of hydrogen-bond acceptors (Lipinski definition) is 4. The van der Waals surface area contributed by atoms with E-state index in [0.29, 0.717) is 5.69 Å². The van der Waals surface area contributed by atoms with Crippen LogP contribution in [-0.2, 0) is 0 Å². The van der Waals surface area contributed by atoms with Crippen molar-refractivity contribution in [2.75, 3.05) is 4.90 Å². The van der Waals surface area contributed by atoms with Crippen molar-refractivity contribution in [2.45, 2.75) is 33.7 Å². The molecule has 0 saturated heterocycles. The number of nitro groups is 1. The van der Waals surface area contributed by atoms with Gasteiger partial charge in [0.05, 0.1) is 10.6 Å². The van der Waals surface area contributed by atoms with Crippen LogP contribution in [0.1, 0.15) is 27.7 Å². The zero-order chi connectivity index (χ0) is 16.2. The van der Waals surface area contributed by atoms with Crippen molar-refractivity contribution in [1.82, 2.24) is 0 Å². The van der Waals surface area contributed by atoms with Crippen molar-refractivity contribution in [2.24, 2.45) is 16.1 Å². The van der Waals surface area contributed by atoms with E-state index in [1.807, 2.05) is 27.7 Å². The number of nitrogens with zero attached hydrogens (tertiary/aromatic N) is 4. The highest BCUT2D eigenvalue weighted by Crippen LogP contribution is 2.30. The molecule has 2 N–H and O–H groups in total. The molecule has 7 heteroatoms. The molecule has 7 nitrogen and oxygen atoms in total. The van der Waals surface area contributed by atoms with E-state index in [9.17, 15) is 10.1 Å². The number of aliphatic imine (C=N–C) groups is 1. The fraction of sp³-hybridized carbons (Fsp3) is 0.429. The molecule has 1 unspecified atom stereocenters. The van der Waals surface area contributed by atoms with Crippen molar-refractivity contribution in [3.05, 3.63) is 34.4 Å². The SMILES string of the molecule is CC(N(C(N)=NC#N)c1cccc([N+](=O)[O-])c1)C(C)(C)C. The van der Waals surface area contributed by atoms with Crippen molar-refractivity contribution in [3.63, 3.8) is 0 Å². The Hall–Kier alpha value is -2.62. The van der Waals surface area contributed by atoms with Crippen LogP contribution in [0.15, 0.2) is 29.3 Å². The van der Waals surface area contributed by atoms with Gasteiger partial charge in [0.2, 0.25) is 12.2 Å². The van der Waals surface area contributed by atoms with Gasteiger partial charge in [0, 0.05) is 18.2 Å². The Kier molecular flexibility index (Phi) is 4.87. The number of guanidine groups is 1. The number of nitriles is 1. The van der Waals surface area contributed by atoms with Crippen LogP contribution < -0.4 is 10.6 Å². The van der Waals surface area contributed by atoms with E-state index in [1.165, 1.54) is 12.1 Å². The van der Waals surface area contributed by atoms with Crippen LogP contribution >= 0.6 is 0 Å². The van der Waals surface area contributed by atoms with Gasteiger partial charge in [0.1, 0.15) is 0 Å². The standard InChI is InChI=1S/C14H19N5O2/c1-10(14(2,3)4)18(13(16)17-9-15)11-6-5-7-12(8-11)19(20)21/h5-8,10H,1-4H3,(H2,16,17). The van der Waals surface area contributed by atoms with Crippen molar-refractivity contribution < 1.29 is 4.92 Å². The normalized spacial score (nSPS) is 13.4. The van der Waals surface area contributed by atoms with E-state index < -0.39 is 4.92 Å². The zero-order valence-electron chi connectivity index (χ0n) is 12.6. The van der Waals surface area contributed by atoms with Gasteiger partial charge < -0.3 is 10.6 Å². The van der Waals surface area contributed by atoms with Gasteiger partial charge in [-0.05, 0) is 18.4 Å². The maximum absolute atomic E-state index is 10.9. The Morgan fingerprint density at radius 2 is 2.14 bits per heavy atom. The highest BCUT2D eigenvalue weighted by molar-refractivity contribution is 5.96. The number of nitro benzene ring substituents is 1. The first-order valence-corrected chi connectivity index (χ1v) is 6.44. The molecule has 0 heterocycles. The number of benzene rings is 1. The Balaban J connectivity index is 3.38. The molecule has 1 aromatic rings. The summed E-state index contributed by atoms with van der Waals surface area (Å²) in [6, 6.07) is 5.99. The van der Waals surface area contributed by atoms with Crippen LogP contribution in [0, 0.1) is 27.0 Å². The van der Waals surface area contributed by atoms with Crippen LogP contribution in [0.25, 0.3) is 0 Å². The van der Waals surface area contributed by atoms with E-state index in [4.69, 9.17) is 11.0 Å². The Labute approximate surface area is 123 Å². The summed E-state index contributed by atoms with van der Waals surface area (Å²) in [7, 11) is 0. The summed E-state index contributed by atoms with van der Waals surface area (Å²) in [5.41, 5.74) is 6.19. The van der Waals surface area contributed by atoms with E-state index in [-0.39, 0.29) is 23.1 Å². The van der Waals surface area contributed by atoms with Crippen LogP contribution in [0.2, 0.25) is 0 Å². The van der Waals surface area contributed by atoms with E-state index in [0.717, 1.165) is 0 Å². The molecule has 0 amide bonds. The summed E-state index contributed by atoms with van der Waals surface area (Å²) in [5.74, 6) is 0.0143. The number of non-ortho nitro benzene ring substituents is 1. The largest absolute Gasteiger partial charge is 0.369 e. The lowest BCUT2D eigenvalue weighted by atomic mass is 9.86. The molecule has 21 heavy (non-hydrogen) atoms. The Morgan fingerprint density at radius 3 is 2.62 bits per heavy atom. The first kappa shape index (κ1) is 16.4. The summed E-state index contributed by atoms with van der Waals surface area (Å²) in [6.45, 7) is 7.98. The fourth-order valence-electron chi connectivity index (χ4n) is 1.80. The molecular formula is C14H19N5O2. The number of nitrogens with two attached hydrogens (primary N) is 1. The third kappa shape index (κ3) is 3.92. The summed E-state index contributed by atoms with van der Waals surface area (Å²) in [6.07, 6.45) is 1.65. The quantitative estimate of drug-likeness (QED) is 0.302. The number of rotatable bonds is 3. The Bertz CT molecular complexity index is 598. The molecule has 1 atom stereocenters. The van der Waals surface area contributed by atoms with Gasteiger partial charge in [-0.1, -0.05) is 26.8 Å². The molecule has 0 spiro atoms. The molecular weight excluding hydrogens is 270 g/mol. The molecule has 112 valence electrons. The predicted molar refractivity (Wildman–Crippen MR) is 81.7 cm³/mol. The molecule has 0 aliphatic heterocycles. The molecule has 0 aliphatic carbocycles. The topological polar surface area (TPSA) is 109 Å². The molecule has 0 bridgehead atoms. The van der Waals surface area contributed by atoms with Gasteiger partial charge in [-0.2, -0.15) is 5.26 Å². The first-order chi connectivity index (χ1) is 9.68. The second-order valence-electron chi connectivity index (χ2n) is 5.76. The van der Waals surface area contributed by atoms with E-state index in [2.05, 4.69) is 4.99 Å². The maximum Gasteiger partial charge on any atom is 0.271 e. The van der Waals surface area contributed by atoms with Gasteiger partial charge in [-0.15, -0.1) is 4.99 Å². The minimum atomic E-state index is -0.471. The molecule has 0 aliphatic rings. The lowest BCUT2D eigenvalue weighted by Crippen LogP contribution is -2.49. The van der Waals surface area contributed by atoms with Crippen LogP contribution in [0.4, 0.5) is 11.4 Å². The van der Waals surface area contributed by atoms with E-state index in [1.54, 1.807) is 23.2 Å². The van der Waals surface area contributed by atoms with E-state index >= 15 is 0 Å². The average molecular weight is 289 g/mol. The second kappa shape index (κ2) is 6.22. The smallest absolute Gasteiger partial charge is 0.271 e. The molecule has 0 fully saturated rings. The van der Waals surface area contributed by atoms with Gasteiger partial charge in [0.25, 0.3) is 5.69 Å². The van der Waals surface area contributed by atoms with Gasteiger partial charge in [-0.25, -0.2) is 0 Å². The molecule has 0 radical (unpaired) electrons. The minimum Gasteiger partial charge on any atom is -0.369 e.